The van der Waals surface area contributed by atoms with Crippen molar-refractivity contribution in [3.8, 4) is 0 Å². The zero-order chi connectivity index (χ0) is 13.1. The van der Waals surface area contributed by atoms with Gasteiger partial charge in [0.2, 0.25) is 0 Å². The monoisotopic (exact) mass is 250 g/mol. The Bertz CT molecular complexity index is 403. The lowest BCUT2D eigenvalue weighted by Crippen LogP contribution is -2.35. The number of rotatable bonds is 5. The fraction of sp³-hybridized carbons (Fsp3) is 0.600. The van der Waals surface area contributed by atoms with E-state index in [1.165, 1.54) is 5.56 Å². The fourth-order valence-corrected chi connectivity index (χ4v) is 2.57. The Morgan fingerprint density at radius 2 is 2.11 bits per heavy atom. The van der Waals surface area contributed by atoms with Crippen LogP contribution in [-0.4, -0.2) is 25.2 Å². The van der Waals surface area contributed by atoms with Crippen LogP contribution in [0.25, 0.3) is 0 Å². The average Bonchev–Trinajstić information content (AvgIpc) is 2.71. The highest BCUT2D eigenvalue weighted by Gasteiger charge is 2.23. The Hall–Kier alpha value is -1.09. The van der Waals surface area contributed by atoms with Crippen molar-refractivity contribution in [1.29, 1.82) is 0 Å². The molecule has 0 saturated heterocycles. The second-order valence-corrected chi connectivity index (χ2v) is 5.46. The summed E-state index contributed by atoms with van der Waals surface area (Å²) in [5.41, 5.74) is 2.37. The third kappa shape index (κ3) is 3.02. The van der Waals surface area contributed by atoms with Crippen LogP contribution in [0.2, 0.25) is 0 Å². The highest BCUT2D eigenvalue weighted by atomic mass is 19.1. The van der Waals surface area contributed by atoms with Gasteiger partial charge in [-0.25, -0.2) is 4.39 Å². The minimum Gasteiger partial charge on any atom is -0.368 e. The molecule has 1 atom stereocenters. The summed E-state index contributed by atoms with van der Waals surface area (Å²) < 4.78 is 13.3. The van der Waals surface area contributed by atoms with Crippen molar-refractivity contribution in [2.45, 2.75) is 45.7 Å². The van der Waals surface area contributed by atoms with Gasteiger partial charge in [-0.2, -0.15) is 0 Å². The molecular weight excluding hydrogens is 227 g/mol. The van der Waals surface area contributed by atoms with E-state index in [4.69, 9.17) is 0 Å². The van der Waals surface area contributed by atoms with Crippen molar-refractivity contribution >= 4 is 5.69 Å². The maximum atomic E-state index is 13.3. The first-order valence-electron chi connectivity index (χ1n) is 6.86. The number of hydrogen-bond donors (Lipinski definition) is 1. The highest BCUT2D eigenvalue weighted by molar-refractivity contribution is 5.58. The SMILES string of the molecule is CC(C)NCCC(C)N1CCc2ccc(F)cc21. The van der Waals surface area contributed by atoms with Gasteiger partial charge in [0, 0.05) is 24.3 Å². The Kier molecular flexibility index (Phi) is 4.23. The molecule has 1 aromatic rings. The minimum absolute atomic E-state index is 0.131. The van der Waals surface area contributed by atoms with Gasteiger partial charge in [0.05, 0.1) is 0 Å². The van der Waals surface area contributed by atoms with E-state index in [9.17, 15) is 4.39 Å². The molecule has 2 nitrogen and oxygen atoms in total. The summed E-state index contributed by atoms with van der Waals surface area (Å²) in [7, 11) is 0. The van der Waals surface area contributed by atoms with E-state index in [-0.39, 0.29) is 5.82 Å². The number of halogens is 1. The van der Waals surface area contributed by atoms with E-state index in [0.717, 1.165) is 31.6 Å². The zero-order valence-corrected chi connectivity index (χ0v) is 11.5. The number of nitrogens with one attached hydrogen (secondary N) is 1. The molecule has 0 bridgehead atoms. The number of hydrogen-bond acceptors (Lipinski definition) is 2. The molecule has 0 aromatic heterocycles. The van der Waals surface area contributed by atoms with Crippen LogP contribution in [0.1, 0.15) is 32.8 Å². The van der Waals surface area contributed by atoms with E-state index >= 15 is 0 Å². The lowest BCUT2D eigenvalue weighted by atomic mass is 10.1. The summed E-state index contributed by atoms with van der Waals surface area (Å²) in [4.78, 5) is 2.33. The Labute approximate surface area is 109 Å². The molecule has 100 valence electrons. The number of anilines is 1. The molecule has 1 heterocycles. The van der Waals surface area contributed by atoms with Gasteiger partial charge in [-0.15, -0.1) is 0 Å². The Morgan fingerprint density at radius 3 is 2.83 bits per heavy atom. The van der Waals surface area contributed by atoms with Crippen molar-refractivity contribution in [3.63, 3.8) is 0 Å². The van der Waals surface area contributed by atoms with Crippen molar-refractivity contribution in [3.05, 3.63) is 29.6 Å². The minimum atomic E-state index is -0.131. The van der Waals surface area contributed by atoms with Crippen LogP contribution < -0.4 is 10.2 Å². The summed E-state index contributed by atoms with van der Waals surface area (Å²) >= 11 is 0. The first kappa shape index (κ1) is 13.3. The van der Waals surface area contributed by atoms with Gasteiger partial charge in [-0.05, 0) is 44.0 Å². The van der Waals surface area contributed by atoms with Crippen LogP contribution in [0.4, 0.5) is 10.1 Å². The molecule has 0 radical (unpaired) electrons. The van der Waals surface area contributed by atoms with Gasteiger partial charge in [0.1, 0.15) is 5.82 Å². The number of fused-ring (bicyclic) bond motifs is 1. The largest absolute Gasteiger partial charge is 0.368 e. The molecule has 2 rings (SSSR count). The van der Waals surface area contributed by atoms with Gasteiger partial charge in [-0.3, -0.25) is 0 Å². The summed E-state index contributed by atoms with van der Waals surface area (Å²) in [6.07, 6.45) is 2.13. The first-order chi connectivity index (χ1) is 8.58. The summed E-state index contributed by atoms with van der Waals surface area (Å²) in [6.45, 7) is 8.57. The normalized spacial score (nSPS) is 16.2. The second-order valence-electron chi connectivity index (χ2n) is 5.46. The first-order valence-corrected chi connectivity index (χ1v) is 6.86. The quantitative estimate of drug-likeness (QED) is 0.864. The molecule has 0 spiro atoms. The Morgan fingerprint density at radius 1 is 1.33 bits per heavy atom. The van der Waals surface area contributed by atoms with Crippen LogP contribution in [0, 0.1) is 5.82 Å². The highest BCUT2D eigenvalue weighted by Crippen LogP contribution is 2.30. The molecule has 0 saturated carbocycles. The van der Waals surface area contributed by atoms with E-state index < -0.39 is 0 Å². The lowest BCUT2D eigenvalue weighted by molar-refractivity contribution is 0.520. The topological polar surface area (TPSA) is 15.3 Å². The molecule has 18 heavy (non-hydrogen) atoms. The standard InChI is InChI=1S/C15H23FN2/c1-11(2)17-8-6-12(3)18-9-7-13-4-5-14(16)10-15(13)18/h4-5,10-12,17H,6-9H2,1-3H3. The van der Waals surface area contributed by atoms with E-state index in [1.54, 1.807) is 12.1 Å². The number of nitrogens with zero attached hydrogens (tertiary/aromatic N) is 1. The fourth-order valence-electron chi connectivity index (χ4n) is 2.57. The molecule has 1 aliphatic rings. The molecule has 0 fully saturated rings. The van der Waals surface area contributed by atoms with Gasteiger partial charge < -0.3 is 10.2 Å². The van der Waals surface area contributed by atoms with Crippen molar-refractivity contribution in [2.75, 3.05) is 18.0 Å². The maximum absolute atomic E-state index is 13.3. The summed E-state index contributed by atoms with van der Waals surface area (Å²) in [6, 6.07) is 6.14. The smallest absolute Gasteiger partial charge is 0.125 e. The van der Waals surface area contributed by atoms with Crippen molar-refractivity contribution in [2.24, 2.45) is 0 Å². The van der Waals surface area contributed by atoms with Crippen LogP contribution in [0.3, 0.4) is 0 Å². The van der Waals surface area contributed by atoms with Crippen LogP contribution >= 0.6 is 0 Å². The third-order valence-electron chi connectivity index (χ3n) is 3.63. The van der Waals surface area contributed by atoms with E-state index in [1.807, 2.05) is 6.07 Å². The van der Waals surface area contributed by atoms with Gasteiger partial charge in [0.15, 0.2) is 0 Å². The lowest BCUT2D eigenvalue weighted by Gasteiger charge is -2.27. The van der Waals surface area contributed by atoms with E-state index in [2.05, 4.69) is 31.0 Å². The molecule has 1 N–H and O–H groups in total. The molecule has 1 unspecified atom stereocenters. The molecular formula is C15H23FN2. The molecule has 3 heteroatoms. The van der Waals surface area contributed by atoms with Crippen LogP contribution in [-0.2, 0) is 6.42 Å². The van der Waals surface area contributed by atoms with Crippen molar-refractivity contribution < 1.29 is 4.39 Å². The molecule has 1 aliphatic heterocycles. The maximum Gasteiger partial charge on any atom is 0.125 e. The van der Waals surface area contributed by atoms with Gasteiger partial charge in [0.25, 0.3) is 0 Å². The zero-order valence-electron chi connectivity index (χ0n) is 11.5. The van der Waals surface area contributed by atoms with Gasteiger partial charge in [-0.1, -0.05) is 19.9 Å². The van der Waals surface area contributed by atoms with Crippen molar-refractivity contribution in [1.82, 2.24) is 5.32 Å². The summed E-state index contributed by atoms with van der Waals surface area (Å²) in [5.74, 6) is -0.131. The van der Waals surface area contributed by atoms with Gasteiger partial charge >= 0.3 is 0 Å². The molecule has 0 amide bonds. The third-order valence-corrected chi connectivity index (χ3v) is 3.63. The average molecular weight is 250 g/mol. The Balaban J connectivity index is 1.97. The predicted octanol–water partition coefficient (Wildman–Crippen LogP) is 2.96. The van der Waals surface area contributed by atoms with Crippen LogP contribution in [0.5, 0.6) is 0 Å². The predicted molar refractivity (Wildman–Crippen MR) is 74.7 cm³/mol. The second kappa shape index (κ2) is 5.70. The molecule has 1 aromatic carbocycles. The van der Waals surface area contributed by atoms with E-state index in [0.29, 0.717) is 12.1 Å². The number of benzene rings is 1. The summed E-state index contributed by atoms with van der Waals surface area (Å²) in [5, 5.41) is 3.43. The van der Waals surface area contributed by atoms with Crippen LogP contribution in [0.15, 0.2) is 18.2 Å². The molecule has 0 aliphatic carbocycles.